The molecule has 0 bridgehead atoms. The van der Waals surface area contributed by atoms with Crippen molar-refractivity contribution in [3.63, 3.8) is 0 Å². The van der Waals surface area contributed by atoms with E-state index in [0.717, 1.165) is 12.4 Å². The number of hydrogen-bond acceptors (Lipinski definition) is 4. The Morgan fingerprint density at radius 3 is 2.83 bits per heavy atom. The molecule has 1 aliphatic rings. The van der Waals surface area contributed by atoms with Crippen molar-refractivity contribution in [2.24, 2.45) is 0 Å². The van der Waals surface area contributed by atoms with Crippen LogP contribution in [-0.2, 0) is 0 Å². The minimum absolute atomic E-state index is 0.0640. The second-order valence-corrected chi connectivity index (χ2v) is 5.13. The highest BCUT2D eigenvalue weighted by atomic mass is 16.1. The van der Waals surface area contributed by atoms with Crippen molar-refractivity contribution >= 4 is 11.6 Å². The first-order chi connectivity index (χ1) is 8.58. The molecule has 0 aliphatic carbocycles. The van der Waals surface area contributed by atoms with Gasteiger partial charge in [-0.3, -0.25) is 4.79 Å². The molecule has 0 N–H and O–H groups in total. The third kappa shape index (κ3) is 2.88. The molecule has 0 amide bonds. The van der Waals surface area contributed by atoms with E-state index >= 15 is 0 Å². The van der Waals surface area contributed by atoms with Crippen LogP contribution in [0.5, 0.6) is 0 Å². The van der Waals surface area contributed by atoms with E-state index in [1.807, 2.05) is 12.1 Å². The Morgan fingerprint density at radius 1 is 1.50 bits per heavy atom. The average molecular weight is 247 g/mol. The van der Waals surface area contributed by atoms with Gasteiger partial charge in [-0.25, -0.2) is 4.98 Å². The quantitative estimate of drug-likeness (QED) is 0.763. The van der Waals surface area contributed by atoms with Gasteiger partial charge in [0.1, 0.15) is 5.82 Å². The number of likely N-dealkylation sites (tertiary alicyclic amines) is 1. The lowest BCUT2D eigenvalue weighted by molar-refractivity contribution is 0.101. The molecule has 18 heavy (non-hydrogen) atoms. The minimum atomic E-state index is 0.0640. The number of nitrogens with zero attached hydrogens (tertiary/aromatic N) is 3. The summed E-state index contributed by atoms with van der Waals surface area (Å²) in [6.45, 7) is 3.82. The fourth-order valence-corrected chi connectivity index (χ4v) is 2.45. The third-order valence-corrected chi connectivity index (χ3v) is 3.66. The summed E-state index contributed by atoms with van der Waals surface area (Å²) < 4.78 is 0. The number of rotatable bonds is 3. The molecule has 0 radical (unpaired) electrons. The van der Waals surface area contributed by atoms with Gasteiger partial charge in [-0.05, 0) is 45.5 Å². The zero-order valence-corrected chi connectivity index (χ0v) is 11.4. The van der Waals surface area contributed by atoms with Gasteiger partial charge in [0.05, 0.1) is 0 Å². The zero-order valence-electron chi connectivity index (χ0n) is 11.4. The van der Waals surface area contributed by atoms with Crippen molar-refractivity contribution < 1.29 is 4.79 Å². The van der Waals surface area contributed by atoms with Crippen molar-refractivity contribution in [3.8, 4) is 0 Å². The number of pyridine rings is 1. The largest absolute Gasteiger partial charge is 0.355 e. The highest BCUT2D eigenvalue weighted by Crippen LogP contribution is 2.19. The van der Waals surface area contributed by atoms with Gasteiger partial charge in [0.25, 0.3) is 0 Å². The maximum atomic E-state index is 11.2. The molecule has 98 valence electrons. The molecule has 4 heteroatoms. The number of Topliss-reactive ketones (excluding diaryl/α,β-unsaturated/α-hetero) is 1. The zero-order chi connectivity index (χ0) is 13.1. The summed E-state index contributed by atoms with van der Waals surface area (Å²) in [6, 6.07) is 4.30. The monoisotopic (exact) mass is 247 g/mol. The first-order valence-electron chi connectivity index (χ1n) is 6.46. The van der Waals surface area contributed by atoms with Crippen LogP contribution in [0.15, 0.2) is 18.3 Å². The molecule has 1 saturated heterocycles. The molecule has 0 aromatic carbocycles. The summed E-state index contributed by atoms with van der Waals surface area (Å²) in [5.41, 5.74) is 0.674. The fourth-order valence-electron chi connectivity index (χ4n) is 2.45. The van der Waals surface area contributed by atoms with Crippen molar-refractivity contribution in [3.05, 3.63) is 23.9 Å². The van der Waals surface area contributed by atoms with Gasteiger partial charge in [0.2, 0.25) is 0 Å². The first-order valence-corrected chi connectivity index (χ1v) is 6.46. The summed E-state index contributed by atoms with van der Waals surface area (Å²) in [5.74, 6) is 1.01. The van der Waals surface area contributed by atoms with E-state index in [4.69, 9.17) is 0 Å². The number of likely N-dealkylation sites (N-methyl/N-ethyl adjacent to an activating group) is 2. The minimum Gasteiger partial charge on any atom is -0.355 e. The average Bonchev–Trinajstić information content (AvgIpc) is 2.38. The number of anilines is 1. The number of hydrogen-bond donors (Lipinski definition) is 0. The topological polar surface area (TPSA) is 36.4 Å². The van der Waals surface area contributed by atoms with Crippen molar-refractivity contribution in [2.75, 3.05) is 32.1 Å². The van der Waals surface area contributed by atoms with Crippen LogP contribution in [-0.4, -0.2) is 48.9 Å². The molecule has 1 unspecified atom stereocenters. The molecule has 4 nitrogen and oxygen atoms in total. The van der Waals surface area contributed by atoms with Gasteiger partial charge in [0.15, 0.2) is 5.78 Å². The molecule has 2 heterocycles. The first kappa shape index (κ1) is 13.0. The molecule has 1 aromatic heterocycles. The number of aromatic nitrogens is 1. The lowest BCUT2D eigenvalue weighted by atomic mass is 10.1. The fraction of sp³-hybridized carbons (Fsp3) is 0.571. The van der Waals surface area contributed by atoms with E-state index in [0.29, 0.717) is 11.6 Å². The number of carbonyl (C=O) groups is 1. The van der Waals surface area contributed by atoms with Gasteiger partial charge in [-0.1, -0.05) is 0 Å². The Bertz CT molecular complexity index is 416. The van der Waals surface area contributed by atoms with Crippen LogP contribution in [0.3, 0.4) is 0 Å². The number of ketones is 1. The lowest BCUT2D eigenvalue weighted by Crippen LogP contribution is -2.45. The van der Waals surface area contributed by atoms with Crippen LogP contribution >= 0.6 is 0 Å². The van der Waals surface area contributed by atoms with E-state index in [9.17, 15) is 4.79 Å². The predicted octanol–water partition coefficient (Wildman–Crippen LogP) is 1.81. The second-order valence-electron chi connectivity index (χ2n) is 5.13. The molecule has 1 aliphatic heterocycles. The SMILES string of the molecule is CC(=O)c1ccc(N(C)C2CCCN(C)C2)nc1. The van der Waals surface area contributed by atoms with Crippen LogP contribution in [0.25, 0.3) is 0 Å². The molecular weight excluding hydrogens is 226 g/mol. The second kappa shape index (κ2) is 5.48. The molecular formula is C14H21N3O. The standard InChI is InChI=1S/C14H21N3O/c1-11(18)12-6-7-14(15-9-12)17(3)13-5-4-8-16(2)10-13/h6-7,9,13H,4-5,8,10H2,1-3H3. The van der Waals surface area contributed by atoms with E-state index in [-0.39, 0.29) is 5.78 Å². The number of carbonyl (C=O) groups excluding carboxylic acids is 1. The van der Waals surface area contributed by atoms with E-state index < -0.39 is 0 Å². The van der Waals surface area contributed by atoms with Crippen LogP contribution < -0.4 is 4.90 Å². The summed E-state index contributed by atoms with van der Waals surface area (Å²) in [4.78, 5) is 20.2. The third-order valence-electron chi connectivity index (χ3n) is 3.66. The Morgan fingerprint density at radius 2 is 2.28 bits per heavy atom. The summed E-state index contributed by atoms with van der Waals surface area (Å²) in [7, 11) is 4.24. The van der Waals surface area contributed by atoms with Crippen LogP contribution in [0, 0.1) is 0 Å². The van der Waals surface area contributed by atoms with Crippen LogP contribution in [0.2, 0.25) is 0 Å². The van der Waals surface area contributed by atoms with Gasteiger partial charge >= 0.3 is 0 Å². The molecule has 1 atom stereocenters. The molecule has 0 saturated carbocycles. The molecule has 1 fully saturated rings. The summed E-state index contributed by atoms with van der Waals surface area (Å²) >= 11 is 0. The van der Waals surface area contributed by atoms with Gasteiger partial charge in [0, 0.05) is 31.4 Å². The van der Waals surface area contributed by atoms with Gasteiger partial charge < -0.3 is 9.80 Å². The van der Waals surface area contributed by atoms with Gasteiger partial charge in [-0.15, -0.1) is 0 Å². The Balaban J connectivity index is 2.08. The van der Waals surface area contributed by atoms with Crippen molar-refractivity contribution in [1.82, 2.24) is 9.88 Å². The van der Waals surface area contributed by atoms with Crippen LogP contribution in [0.1, 0.15) is 30.1 Å². The molecule has 2 rings (SSSR count). The van der Waals surface area contributed by atoms with E-state index in [2.05, 4.69) is 28.9 Å². The normalized spacial score (nSPS) is 20.7. The maximum absolute atomic E-state index is 11.2. The summed E-state index contributed by atoms with van der Waals surface area (Å²) in [5, 5.41) is 0. The molecule has 1 aromatic rings. The smallest absolute Gasteiger partial charge is 0.161 e. The van der Waals surface area contributed by atoms with Crippen molar-refractivity contribution in [2.45, 2.75) is 25.8 Å². The van der Waals surface area contributed by atoms with E-state index in [1.54, 1.807) is 13.1 Å². The Labute approximate surface area is 109 Å². The summed E-state index contributed by atoms with van der Waals surface area (Å²) in [6.07, 6.45) is 4.11. The number of piperidine rings is 1. The molecule has 0 spiro atoms. The maximum Gasteiger partial charge on any atom is 0.161 e. The lowest BCUT2D eigenvalue weighted by Gasteiger charge is -2.36. The predicted molar refractivity (Wildman–Crippen MR) is 73.2 cm³/mol. The van der Waals surface area contributed by atoms with Crippen molar-refractivity contribution in [1.29, 1.82) is 0 Å². The Hall–Kier alpha value is -1.42. The Kier molecular flexibility index (Phi) is 3.97. The van der Waals surface area contributed by atoms with Crippen LogP contribution in [0.4, 0.5) is 5.82 Å². The van der Waals surface area contributed by atoms with Gasteiger partial charge in [-0.2, -0.15) is 0 Å². The van der Waals surface area contributed by atoms with E-state index in [1.165, 1.54) is 19.4 Å². The highest BCUT2D eigenvalue weighted by Gasteiger charge is 2.21. The highest BCUT2D eigenvalue weighted by molar-refractivity contribution is 5.93.